The van der Waals surface area contributed by atoms with Crippen LogP contribution >= 0.6 is 15.9 Å². The maximum absolute atomic E-state index is 14.4. The molecule has 0 bridgehead atoms. The summed E-state index contributed by atoms with van der Waals surface area (Å²) in [5, 5.41) is 10.9. The van der Waals surface area contributed by atoms with Crippen molar-refractivity contribution in [1.82, 2.24) is 9.13 Å². The van der Waals surface area contributed by atoms with Gasteiger partial charge in [0.2, 0.25) is 5.82 Å². The fourth-order valence-electron chi connectivity index (χ4n) is 2.83. The number of nitro groups is 1. The highest BCUT2D eigenvalue weighted by molar-refractivity contribution is 9.10. The van der Waals surface area contributed by atoms with Gasteiger partial charge in [0, 0.05) is 19.3 Å². The molecule has 0 amide bonds. The molecule has 0 aliphatic rings. The summed E-state index contributed by atoms with van der Waals surface area (Å²) >= 11 is 2.99. The number of hydrogen-bond acceptors (Lipinski definition) is 6. The van der Waals surface area contributed by atoms with Gasteiger partial charge in [-0.15, -0.1) is 0 Å². The molecule has 9 nitrogen and oxygen atoms in total. The molecule has 2 aromatic carbocycles. The standard InChI is InChI=1S/C20H15BrF3N3O6/c1-25-5-4-18(28)26(20(25)29)6-7-32-16-3-2-13(22)19(24)11(16)10-33-17-9-15(27(30)31)14(23)8-12(17)21/h2-5,8-9H,6-7,10H2,1H3. The zero-order chi connectivity index (χ0) is 24.3. The number of aryl methyl sites for hydroxylation is 1. The SMILES string of the molecule is Cn1ccc(=O)n(CCOc2ccc(F)c(F)c2COc2cc([N+](=O)[O-])c(F)cc2Br)c1=O. The average Bonchev–Trinajstić information content (AvgIpc) is 2.76. The van der Waals surface area contributed by atoms with Crippen molar-refractivity contribution in [3.05, 3.63) is 95.0 Å². The number of aromatic nitrogens is 2. The first kappa shape index (κ1) is 24.0. The summed E-state index contributed by atoms with van der Waals surface area (Å²) in [6, 6.07) is 4.75. The molecule has 0 N–H and O–H groups in total. The van der Waals surface area contributed by atoms with Crippen molar-refractivity contribution in [3.63, 3.8) is 0 Å². The second-order valence-corrected chi connectivity index (χ2v) is 7.52. The lowest BCUT2D eigenvalue weighted by Gasteiger charge is -2.15. The van der Waals surface area contributed by atoms with Crippen molar-refractivity contribution in [3.8, 4) is 11.5 Å². The van der Waals surface area contributed by atoms with E-state index in [1.54, 1.807) is 0 Å². The number of hydrogen-bond donors (Lipinski definition) is 0. The fourth-order valence-corrected chi connectivity index (χ4v) is 3.26. The Morgan fingerprint density at radius 3 is 2.48 bits per heavy atom. The maximum atomic E-state index is 14.4. The van der Waals surface area contributed by atoms with Crippen molar-refractivity contribution in [1.29, 1.82) is 0 Å². The smallest absolute Gasteiger partial charge is 0.330 e. The van der Waals surface area contributed by atoms with Crippen molar-refractivity contribution in [2.24, 2.45) is 7.05 Å². The summed E-state index contributed by atoms with van der Waals surface area (Å²) in [4.78, 5) is 33.9. The Balaban J connectivity index is 1.82. The van der Waals surface area contributed by atoms with E-state index in [4.69, 9.17) is 9.47 Å². The Morgan fingerprint density at radius 2 is 1.79 bits per heavy atom. The third-order valence-corrected chi connectivity index (χ3v) is 5.15. The topological polar surface area (TPSA) is 106 Å². The highest BCUT2D eigenvalue weighted by Gasteiger charge is 2.20. The molecule has 0 aliphatic carbocycles. The van der Waals surface area contributed by atoms with Crippen LogP contribution in [-0.4, -0.2) is 20.7 Å². The number of halogens is 4. The Bertz CT molecular complexity index is 1340. The molecular formula is C20H15BrF3N3O6. The van der Waals surface area contributed by atoms with E-state index in [0.717, 1.165) is 28.8 Å². The van der Waals surface area contributed by atoms with Gasteiger partial charge in [-0.05, 0) is 34.1 Å². The van der Waals surface area contributed by atoms with E-state index in [-0.39, 0.29) is 34.7 Å². The summed E-state index contributed by atoms with van der Waals surface area (Å²) in [6.07, 6.45) is 1.31. The summed E-state index contributed by atoms with van der Waals surface area (Å²) < 4.78 is 54.8. The van der Waals surface area contributed by atoms with Crippen LogP contribution in [0.4, 0.5) is 18.9 Å². The Labute approximate surface area is 191 Å². The van der Waals surface area contributed by atoms with Gasteiger partial charge in [-0.25, -0.2) is 13.6 Å². The van der Waals surface area contributed by atoms with Gasteiger partial charge in [0.05, 0.1) is 27.6 Å². The number of ether oxygens (including phenoxy) is 2. The van der Waals surface area contributed by atoms with Gasteiger partial charge >= 0.3 is 11.4 Å². The summed E-state index contributed by atoms with van der Waals surface area (Å²) in [6.45, 7) is -1.02. The van der Waals surface area contributed by atoms with Crippen LogP contribution in [0.15, 0.2) is 50.6 Å². The van der Waals surface area contributed by atoms with Crippen LogP contribution in [0.25, 0.3) is 0 Å². The predicted octanol–water partition coefficient (Wildman–Crippen LogP) is 3.29. The largest absolute Gasteiger partial charge is 0.491 e. The van der Waals surface area contributed by atoms with Gasteiger partial charge < -0.3 is 14.0 Å². The lowest BCUT2D eigenvalue weighted by Crippen LogP contribution is -2.39. The van der Waals surface area contributed by atoms with Crippen LogP contribution in [-0.2, 0) is 20.2 Å². The Kier molecular flexibility index (Phi) is 7.21. The predicted molar refractivity (Wildman–Crippen MR) is 113 cm³/mol. The molecule has 13 heteroatoms. The number of benzene rings is 2. The monoisotopic (exact) mass is 529 g/mol. The van der Waals surface area contributed by atoms with Crippen molar-refractivity contribution in [2.45, 2.75) is 13.2 Å². The molecule has 174 valence electrons. The summed E-state index contributed by atoms with van der Waals surface area (Å²) in [7, 11) is 1.46. The van der Waals surface area contributed by atoms with Crippen LogP contribution in [0.2, 0.25) is 0 Å². The zero-order valence-electron chi connectivity index (χ0n) is 16.9. The molecule has 3 rings (SSSR count). The zero-order valence-corrected chi connectivity index (χ0v) is 18.5. The van der Waals surface area contributed by atoms with E-state index < -0.39 is 45.9 Å². The summed E-state index contributed by atoms with van der Waals surface area (Å²) in [5.74, 6) is -3.91. The highest BCUT2D eigenvalue weighted by Crippen LogP contribution is 2.33. The number of nitrogens with zero attached hydrogens (tertiary/aromatic N) is 3. The molecule has 0 fully saturated rings. The minimum absolute atomic E-state index is 0.0178. The van der Waals surface area contributed by atoms with E-state index in [2.05, 4.69) is 15.9 Å². The minimum Gasteiger partial charge on any atom is -0.491 e. The van der Waals surface area contributed by atoms with Crippen LogP contribution in [0.5, 0.6) is 11.5 Å². The van der Waals surface area contributed by atoms with Crippen LogP contribution in [0, 0.1) is 27.6 Å². The molecule has 0 radical (unpaired) electrons. The third-order valence-electron chi connectivity index (χ3n) is 4.53. The minimum atomic E-state index is -1.28. The highest BCUT2D eigenvalue weighted by atomic mass is 79.9. The molecule has 0 atom stereocenters. The van der Waals surface area contributed by atoms with Crippen LogP contribution < -0.4 is 20.7 Å². The molecule has 0 aliphatic heterocycles. The van der Waals surface area contributed by atoms with Gasteiger partial charge in [0.25, 0.3) is 5.56 Å². The van der Waals surface area contributed by atoms with E-state index >= 15 is 0 Å². The van der Waals surface area contributed by atoms with Gasteiger partial charge in [-0.1, -0.05) is 0 Å². The molecule has 0 saturated carbocycles. The first-order chi connectivity index (χ1) is 15.6. The summed E-state index contributed by atoms with van der Waals surface area (Å²) in [5.41, 5.74) is -2.36. The fraction of sp³-hybridized carbons (Fsp3) is 0.200. The van der Waals surface area contributed by atoms with Gasteiger partial charge in [-0.3, -0.25) is 19.5 Å². The van der Waals surface area contributed by atoms with Crippen LogP contribution in [0.1, 0.15) is 5.56 Å². The quantitative estimate of drug-likeness (QED) is 0.327. The second-order valence-electron chi connectivity index (χ2n) is 6.67. The molecule has 0 unspecified atom stereocenters. The number of rotatable bonds is 8. The number of nitro benzene ring substituents is 1. The van der Waals surface area contributed by atoms with Crippen molar-refractivity contribution >= 4 is 21.6 Å². The average molecular weight is 530 g/mol. The molecule has 1 aromatic heterocycles. The Hall–Kier alpha value is -3.61. The first-order valence-electron chi connectivity index (χ1n) is 9.22. The lowest BCUT2D eigenvalue weighted by molar-refractivity contribution is -0.387. The normalized spacial score (nSPS) is 10.8. The molecular weight excluding hydrogens is 515 g/mol. The molecule has 1 heterocycles. The molecule has 33 heavy (non-hydrogen) atoms. The van der Waals surface area contributed by atoms with E-state index in [1.165, 1.54) is 23.9 Å². The van der Waals surface area contributed by atoms with E-state index in [9.17, 15) is 32.9 Å². The second kappa shape index (κ2) is 9.90. The molecule has 0 spiro atoms. The van der Waals surface area contributed by atoms with Gasteiger partial charge in [-0.2, -0.15) is 4.39 Å². The molecule has 3 aromatic rings. The maximum Gasteiger partial charge on any atom is 0.330 e. The Morgan fingerprint density at radius 1 is 1.06 bits per heavy atom. The van der Waals surface area contributed by atoms with Gasteiger partial charge in [0.1, 0.15) is 24.7 Å². The van der Waals surface area contributed by atoms with E-state index in [0.29, 0.717) is 0 Å². The first-order valence-corrected chi connectivity index (χ1v) is 10.0. The third kappa shape index (κ3) is 5.25. The van der Waals surface area contributed by atoms with Gasteiger partial charge in [0.15, 0.2) is 11.6 Å². The lowest BCUT2D eigenvalue weighted by atomic mass is 10.2. The van der Waals surface area contributed by atoms with Crippen molar-refractivity contribution in [2.75, 3.05) is 6.61 Å². The molecule has 0 saturated heterocycles. The van der Waals surface area contributed by atoms with E-state index in [1.807, 2.05) is 0 Å². The van der Waals surface area contributed by atoms with Crippen molar-refractivity contribution < 1.29 is 27.6 Å². The van der Waals surface area contributed by atoms with Crippen LogP contribution in [0.3, 0.4) is 0 Å².